The van der Waals surface area contributed by atoms with Crippen LogP contribution in [0.1, 0.15) is 18.0 Å². The highest BCUT2D eigenvalue weighted by molar-refractivity contribution is 7.89. The lowest BCUT2D eigenvalue weighted by molar-refractivity contribution is 0.188. The lowest BCUT2D eigenvalue weighted by atomic mass is 10.1. The number of sulfonamides is 1. The van der Waals surface area contributed by atoms with E-state index in [0.29, 0.717) is 6.42 Å². The van der Waals surface area contributed by atoms with Gasteiger partial charge in [0.2, 0.25) is 10.0 Å². The zero-order chi connectivity index (χ0) is 15.7. The number of benzene rings is 2. The zero-order valence-corrected chi connectivity index (χ0v) is 12.6. The van der Waals surface area contributed by atoms with Crippen molar-refractivity contribution in [2.24, 2.45) is 0 Å². The fourth-order valence-electron chi connectivity index (χ4n) is 2.78. The SMILES string of the molecule is O=S(=O)(c1ccc(O)cc1)N1C[C@@H](O)CC1c1ccccc1. The van der Waals surface area contributed by atoms with Gasteiger partial charge >= 0.3 is 0 Å². The quantitative estimate of drug-likeness (QED) is 0.905. The molecule has 1 aliphatic rings. The molecule has 6 heteroatoms. The zero-order valence-electron chi connectivity index (χ0n) is 11.8. The molecule has 0 radical (unpaired) electrons. The maximum atomic E-state index is 12.8. The van der Waals surface area contributed by atoms with Crippen LogP contribution >= 0.6 is 0 Å². The van der Waals surface area contributed by atoms with Gasteiger partial charge in [-0.15, -0.1) is 0 Å². The van der Waals surface area contributed by atoms with E-state index >= 15 is 0 Å². The number of phenols is 1. The Labute approximate surface area is 129 Å². The molecule has 3 rings (SSSR count). The van der Waals surface area contributed by atoms with Crippen molar-refractivity contribution < 1.29 is 18.6 Å². The van der Waals surface area contributed by atoms with Gasteiger partial charge in [-0.25, -0.2) is 8.42 Å². The highest BCUT2D eigenvalue weighted by atomic mass is 32.2. The summed E-state index contributed by atoms with van der Waals surface area (Å²) in [6.45, 7) is 0.0722. The van der Waals surface area contributed by atoms with Crippen molar-refractivity contribution in [3.8, 4) is 5.75 Å². The molecule has 0 spiro atoms. The van der Waals surface area contributed by atoms with Gasteiger partial charge in [0.05, 0.1) is 17.0 Å². The monoisotopic (exact) mass is 319 g/mol. The molecule has 2 atom stereocenters. The normalized spacial score (nSPS) is 22.8. The molecule has 0 saturated carbocycles. The summed E-state index contributed by atoms with van der Waals surface area (Å²) >= 11 is 0. The molecule has 2 aromatic carbocycles. The average Bonchev–Trinajstić information content (AvgIpc) is 2.91. The lowest BCUT2D eigenvalue weighted by Gasteiger charge is -2.24. The third-order valence-electron chi connectivity index (χ3n) is 3.86. The van der Waals surface area contributed by atoms with E-state index in [1.54, 1.807) is 0 Å². The number of aliphatic hydroxyl groups excluding tert-OH is 1. The van der Waals surface area contributed by atoms with Crippen LogP contribution in [-0.2, 0) is 10.0 Å². The summed E-state index contributed by atoms with van der Waals surface area (Å²) < 4.78 is 26.9. The van der Waals surface area contributed by atoms with Gasteiger partial charge in [-0.2, -0.15) is 4.31 Å². The maximum absolute atomic E-state index is 12.8. The van der Waals surface area contributed by atoms with E-state index < -0.39 is 16.1 Å². The molecule has 116 valence electrons. The van der Waals surface area contributed by atoms with Gasteiger partial charge in [0.1, 0.15) is 5.75 Å². The Morgan fingerprint density at radius 1 is 1.00 bits per heavy atom. The van der Waals surface area contributed by atoms with Crippen molar-refractivity contribution in [1.29, 1.82) is 0 Å². The largest absolute Gasteiger partial charge is 0.508 e. The summed E-state index contributed by atoms with van der Waals surface area (Å²) in [5.74, 6) is 0.0139. The van der Waals surface area contributed by atoms with Gasteiger partial charge in [0.15, 0.2) is 0 Å². The molecule has 1 unspecified atom stereocenters. The van der Waals surface area contributed by atoms with Crippen LogP contribution in [0.2, 0.25) is 0 Å². The Balaban J connectivity index is 1.99. The second-order valence-electron chi connectivity index (χ2n) is 5.38. The predicted molar refractivity (Wildman–Crippen MR) is 81.8 cm³/mol. The summed E-state index contributed by atoms with van der Waals surface area (Å²) in [6, 6.07) is 14.4. The third kappa shape index (κ3) is 2.72. The van der Waals surface area contributed by atoms with Crippen LogP contribution < -0.4 is 0 Å². The van der Waals surface area contributed by atoms with Gasteiger partial charge in [0.25, 0.3) is 0 Å². The van der Waals surface area contributed by atoms with E-state index in [-0.39, 0.29) is 23.2 Å². The van der Waals surface area contributed by atoms with Crippen molar-refractivity contribution in [2.45, 2.75) is 23.5 Å². The van der Waals surface area contributed by atoms with Crippen LogP contribution in [0.15, 0.2) is 59.5 Å². The topological polar surface area (TPSA) is 77.8 Å². The van der Waals surface area contributed by atoms with E-state index in [4.69, 9.17) is 0 Å². The first-order valence-corrected chi connectivity index (χ1v) is 8.46. The Morgan fingerprint density at radius 3 is 2.27 bits per heavy atom. The molecule has 1 fully saturated rings. The van der Waals surface area contributed by atoms with Crippen molar-refractivity contribution in [3.05, 3.63) is 60.2 Å². The standard InChI is InChI=1S/C16H17NO4S/c18-13-6-8-15(9-7-13)22(20,21)17-11-14(19)10-16(17)12-4-2-1-3-5-12/h1-9,14,16,18-19H,10-11H2/t14-,16?/m0/s1. The number of β-amino-alcohol motifs (C(OH)–C–C–N with tert-alkyl or cyclic N) is 1. The fourth-order valence-corrected chi connectivity index (χ4v) is 4.44. The van der Waals surface area contributed by atoms with Crippen LogP contribution in [0.25, 0.3) is 0 Å². The van der Waals surface area contributed by atoms with E-state index in [2.05, 4.69) is 0 Å². The number of aliphatic hydroxyl groups is 1. The number of nitrogens with zero attached hydrogens (tertiary/aromatic N) is 1. The molecule has 1 heterocycles. The van der Waals surface area contributed by atoms with Crippen molar-refractivity contribution in [2.75, 3.05) is 6.54 Å². The first kappa shape index (κ1) is 15.0. The van der Waals surface area contributed by atoms with Crippen molar-refractivity contribution in [1.82, 2.24) is 4.31 Å². The van der Waals surface area contributed by atoms with Crippen LogP contribution in [0.5, 0.6) is 5.75 Å². The van der Waals surface area contributed by atoms with Crippen LogP contribution in [0.3, 0.4) is 0 Å². The molecule has 1 saturated heterocycles. The molecule has 0 bridgehead atoms. The lowest BCUT2D eigenvalue weighted by Crippen LogP contribution is -2.31. The van der Waals surface area contributed by atoms with E-state index in [1.807, 2.05) is 30.3 Å². The molecule has 1 aliphatic heterocycles. The predicted octanol–water partition coefficient (Wildman–Crippen LogP) is 1.89. The number of hydrogen-bond acceptors (Lipinski definition) is 4. The number of aromatic hydroxyl groups is 1. The maximum Gasteiger partial charge on any atom is 0.243 e. The second-order valence-corrected chi connectivity index (χ2v) is 7.28. The molecule has 0 aliphatic carbocycles. The van der Waals surface area contributed by atoms with Gasteiger partial charge in [-0.3, -0.25) is 0 Å². The molecule has 5 nitrogen and oxygen atoms in total. The minimum atomic E-state index is -3.72. The van der Waals surface area contributed by atoms with Gasteiger partial charge < -0.3 is 10.2 Å². The molecule has 2 N–H and O–H groups in total. The molecular weight excluding hydrogens is 302 g/mol. The summed E-state index contributed by atoms with van der Waals surface area (Å²) in [7, 11) is -3.72. The number of rotatable bonds is 3. The molecule has 2 aromatic rings. The second kappa shape index (κ2) is 5.72. The average molecular weight is 319 g/mol. The Morgan fingerprint density at radius 2 is 1.64 bits per heavy atom. The summed E-state index contributed by atoms with van der Waals surface area (Å²) in [5.41, 5.74) is 0.862. The highest BCUT2D eigenvalue weighted by Crippen LogP contribution is 2.36. The molecule has 22 heavy (non-hydrogen) atoms. The summed E-state index contributed by atoms with van der Waals surface area (Å²) in [6.07, 6.45) is -0.307. The summed E-state index contributed by atoms with van der Waals surface area (Å²) in [4.78, 5) is 0.111. The van der Waals surface area contributed by atoms with Crippen LogP contribution in [0.4, 0.5) is 0 Å². The van der Waals surface area contributed by atoms with Crippen LogP contribution in [-0.4, -0.2) is 35.6 Å². The third-order valence-corrected chi connectivity index (χ3v) is 5.75. The Kier molecular flexibility index (Phi) is 3.90. The molecule has 0 amide bonds. The smallest absolute Gasteiger partial charge is 0.243 e. The minimum Gasteiger partial charge on any atom is -0.508 e. The number of phenolic OH excluding ortho intramolecular Hbond substituents is 1. The molecule has 0 aromatic heterocycles. The first-order chi connectivity index (χ1) is 10.5. The van der Waals surface area contributed by atoms with Gasteiger partial charge in [-0.1, -0.05) is 30.3 Å². The minimum absolute atomic E-state index is 0.0139. The van der Waals surface area contributed by atoms with Crippen LogP contribution in [0, 0.1) is 0 Å². The Bertz CT molecular complexity index is 743. The van der Waals surface area contributed by atoms with Gasteiger partial charge in [0, 0.05) is 6.54 Å². The summed E-state index contributed by atoms with van der Waals surface area (Å²) in [5, 5.41) is 19.3. The first-order valence-electron chi connectivity index (χ1n) is 7.02. The van der Waals surface area contributed by atoms with Gasteiger partial charge in [-0.05, 0) is 36.2 Å². The number of hydrogen-bond donors (Lipinski definition) is 2. The Hall–Kier alpha value is -1.89. The van der Waals surface area contributed by atoms with Crippen molar-refractivity contribution >= 4 is 10.0 Å². The van der Waals surface area contributed by atoms with E-state index in [0.717, 1.165) is 5.56 Å². The van der Waals surface area contributed by atoms with E-state index in [9.17, 15) is 18.6 Å². The fraction of sp³-hybridized carbons (Fsp3) is 0.250. The molecular formula is C16H17NO4S. The highest BCUT2D eigenvalue weighted by Gasteiger charge is 2.40. The van der Waals surface area contributed by atoms with Crippen molar-refractivity contribution in [3.63, 3.8) is 0 Å². The van der Waals surface area contributed by atoms with E-state index in [1.165, 1.54) is 28.6 Å².